The number of thioether (sulfide) groups is 1. The van der Waals surface area contributed by atoms with Gasteiger partial charge < -0.3 is 15.4 Å². The highest BCUT2D eigenvalue weighted by Gasteiger charge is 2.53. The number of imidazole rings is 1. The largest absolute Gasteiger partial charge is 0.381 e. The van der Waals surface area contributed by atoms with E-state index in [4.69, 9.17) is 4.74 Å². The third kappa shape index (κ3) is 9.99. The van der Waals surface area contributed by atoms with Gasteiger partial charge in [-0.2, -0.15) is 0 Å². The summed E-state index contributed by atoms with van der Waals surface area (Å²) in [6, 6.07) is 9.21. The van der Waals surface area contributed by atoms with Gasteiger partial charge in [-0.1, -0.05) is 32.9 Å². The highest BCUT2D eigenvalue weighted by molar-refractivity contribution is 14.2. The molecule has 0 spiro atoms. The van der Waals surface area contributed by atoms with Gasteiger partial charge in [0.15, 0.2) is 11.5 Å². The minimum absolute atomic E-state index is 0.00599. The van der Waals surface area contributed by atoms with Crippen LogP contribution in [0.2, 0.25) is 0 Å². The van der Waals surface area contributed by atoms with Gasteiger partial charge >= 0.3 is 0 Å². The fraction of sp³-hybridized carbons (Fsp3) is 0.500. The first kappa shape index (κ1) is 34.5. The molecular weight excluding hydrogens is 680 g/mol. The van der Waals surface area contributed by atoms with E-state index in [1.54, 1.807) is 24.8 Å². The molecule has 1 aliphatic carbocycles. The van der Waals surface area contributed by atoms with Crippen LogP contribution in [0.3, 0.4) is 0 Å². The molecule has 2 fully saturated rings. The lowest BCUT2D eigenvalue weighted by Crippen LogP contribution is -2.03. The Morgan fingerprint density at radius 3 is 2.25 bits per heavy atom. The van der Waals surface area contributed by atoms with E-state index in [9.17, 15) is 22.4 Å². The molecule has 222 valence electrons. The minimum Gasteiger partial charge on any atom is -0.381 e. The highest BCUT2D eigenvalue weighted by atomic mass is 127. The molecule has 3 aromatic rings. The number of benzene rings is 1. The Kier molecular flexibility index (Phi) is 14.9. The Balaban J connectivity index is 0.000000325. The molecule has 2 atom stereocenters. The van der Waals surface area contributed by atoms with Crippen LogP contribution in [0.15, 0.2) is 35.2 Å². The van der Waals surface area contributed by atoms with Crippen molar-refractivity contribution in [2.75, 3.05) is 30.1 Å². The van der Waals surface area contributed by atoms with E-state index in [-0.39, 0.29) is 30.4 Å². The number of aromatic nitrogens is 3. The summed E-state index contributed by atoms with van der Waals surface area (Å²) in [6.07, 6.45) is 3.75. The number of rotatable bonds is 7. The van der Waals surface area contributed by atoms with Crippen LogP contribution in [0.1, 0.15) is 58.7 Å². The van der Waals surface area contributed by atoms with Crippen LogP contribution in [0, 0.1) is 5.92 Å². The summed E-state index contributed by atoms with van der Waals surface area (Å²) in [5.74, 6) is -2.71. The zero-order valence-electron chi connectivity index (χ0n) is 22.8. The van der Waals surface area contributed by atoms with Crippen molar-refractivity contribution in [3.05, 3.63) is 36.2 Å². The molecule has 14 heteroatoms. The number of para-hydroxylation sites is 1. The van der Waals surface area contributed by atoms with Crippen molar-refractivity contribution < 1.29 is 27.1 Å². The van der Waals surface area contributed by atoms with Gasteiger partial charge in [-0.15, -0.1) is 11.8 Å². The molecule has 1 aromatic carbocycles. The zero-order chi connectivity index (χ0) is 29.7. The molecule has 2 unspecified atom stereocenters. The Morgan fingerprint density at radius 1 is 1.18 bits per heavy atom. The first-order valence-electron chi connectivity index (χ1n) is 12.9. The third-order valence-electron chi connectivity index (χ3n) is 5.72. The number of fused-ring (bicyclic) bond motifs is 1. The number of carbonyl (C=O) groups excluding carboxylic acids is 1. The molecular formula is C26H35F4IN5O2PS. The van der Waals surface area contributed by atoms with Crippen LogP contribution in [-0.2, 0) is 9.53 Å². The maximum atomic E-state index is 13.4. The standard InChI is InChI=1S/C15H13F2IN5OPS.C5H10O.C4H6F2.C2H6/c1-26-10-5-3-2-4-8(10)20-9-6-11(19-7-24)21-14-12(9)22-15(13(16)17)23(14)25-18;1-2-4-6-5-3-1;1-3-2-4(3,5)6;1-2/h2-7,13,25H,1H3,(H2,19,20,21,24);1-5H2;3H,2H2,1H3;1-2H3. The van der Waals surface area contributed by atoms with Crippen molar-refractivity contribution in [1.29, 1.82) is 0 Å². The number of alkyl halides is 4. The lowest BCUT2D eigenvalue weighted by molar-refractivity contribution is -0.105. The average molecular weight is 716 g/mol. The van der Waals surface area contributed by atoms with Crippen molar-refractivity contribution in [1.82, 2.24) is 14.3 Å². The summed E-state index contributed by atoms with van der Waals surface area (Å²) in [5, 5.41) is 5.71. The first-order valence-corrected chi connectivity index (χ1v) is 18.1. The molecule has 5 rings (SSSR count). The lowest BCUT2D eigenvalue weighted by Gasteiger charge is -2.12. The molecule has 2 aliphatic rings. The number of hydrogen-bond donors (Lipinski definition) is 2. The summed E-state index contributed by atoms with van der Waals surface area (Å²) in [6.45, 7) is 7.56. The van der Waals surface area contributed by atoms with Crippen molar-refractivity contribution in [3.8, 4) is 0 Å². The van der Waals surface area contributed by atoms with Gasteiger partial charge in [0.05, 0.1) is 17.7 Å². The van der Waals surface area contributed by atoms with E-state index < -0.39 is 12.3 Å². The number of anilines is 3. The summed E-state index contributed by atoms with van der Waals surface area (Å²) in [7, 11) is 0. The normalized spacial score (nSPS) is 17.2. The Labute approximate surface area is 251 Å². The average Bonchev–Trinajstić information content (AvgIpc) is 3.34. The van der Waals surface area contributed by atoms with E-state index in [0.29, 0.717) is 23.3 Å². The van der Waals surface area contributed by atoms with E-state index in [2.05, 4.69) is 20.6 Å². The second-order valence-electron chi connectivity index (χ2n) is 8.54. The topological polar surface area (TPSA) is 81.1 Å². The molecule has 0 bridgehead atoms. The first-order chi connectivity index (χ1) is 19.2. The molecule has 1 saturated carbocycles. The predicted molar refractivity (Wildman–Crippen MR) is 166 cm³/mol. The maximum absolute atomic E-state index is 13.4. The van der Waals surface area contributed by atoms with E-state index in [1.165, 1.54) is 23.6 Å². The summed E-state index contributed by atoms with van der Waals surface area (Å²) < 4.78 is 56.2. The van der Waals surface area contributed by atoms with Crippen LogP contribution < -0.4 is 10.6 Å². The molecule has 0 radical (unpaired) electrons. The van der Waals surface area contributed by atoms with Gasteiger partial charge in [-0.05, 0) is 59.7 Å². The fourth-order valence-corrected chi connectivity index (χ4v) is 5.90. The highest BCUT2D eigenvalue weighted by Crippen LogP contribution is 2.47. The van der Waals surface area contributed by atoms with Crippen LogP contribution >= 0.6 is 40.2 Å². The van der Waals surface area contributed by atoms with Crippen LogP contribution in [0.25, 0.3) is 11.2 Å². The van der Waals surface area contributed by atoms with Crippen molar-refractivity contribution in [2.45, 2.75) is 63.7 Å². The monoisotopic (exact) mass is 715 g/mol. The van der Waals surface area contributed by atoms with Crippen LogP contribution in [-0.4, -0.2) is 46.1 Å². The molecule has 1 aliphatic heterocycles. The number of halogens is 5. The molecule has 40 heavy (non-hydrogen) atoms. The second kappa shape index (κ2) is 17.3. The van der Waals surface area contributed by atoms with Crippen molar-refractivity contribution >= 4 is 74.9 Å². The maximum Gasteiger partial charge on any atom is 0.295 e. The number of ether oxygens (including phenoxy) is 1. The number of pyridine rings is 1. The molecule has 7 nitrogen and oxygen atoms in total. The van der Waals surface area contributed by atoms with Crippen LogP contribution in [0.4, 0.5) is 34.8 Å². The Hall–Kier alpha value is -1.70. The predicted octanol–water partition coefficient (Wildman–Crippen LogP) is 9.07. The molecule has 1 amide bonds. The lowest BCUT2D eigenvalue weighted by atomic mass is 10.2. The van der Waals surface area contributed by atoms with E-state index in [1.807, 2.05) is 66.4 Å². The molecule has 1 saturated heterocycles. The van der Waals surface area contributed by atoms with Gasteiger partial charge in [0.2, 0.25) is 6.41 Å². The number of nitrogens with one attached hydrogen (secondary N) is 2. The van der Waals surface area contributed by atoms with Gasteiger partial charge in [-0.3, -0.25) is 9.13 Å². The number of carbonyl (C=O) groups is 1. The van der Waals surface area contributed by atoms with Gasteiger partial charge in [0, 0.05) is 36.5 Å². The smallest absolute Gasteiger partial charge is 0.295 e. The Morgan fingerprint density at radius 2 is 1.80 bits per heavy atom. The SMILES string of the molecule is C1CCOCC1.CC.CC1CC1(F)F.CSc1ccccc1Nc1cc(NC=O)nc2c1nc(C(F)F)n2PI. The van der Waals surface area contributed by atoms with Crippen LogP contribution in [0.5, 0.6) is 0 Å². The fourth-order valence-electron chi connectivity index (χ4n) is 3.45. The zero-order valence-corrected chi connectivity index (χ0v) is 26.8. The summed E-state index contributed by atoms with van der Waals surface area (Å²) >= 11 is 3.56. The number of hydrogen-bond acceptors (Lipinski definition) is 6. The minimum atomic E-state index is -2.72. The van der Waals surface area contributed by atoms with Crippen molar-refractivity contribution in [3.63, 3.8) is 0 Å². The van der Waals surface area contributed by atoms with Crippen molar-refractivity contribution in [2.24, 2.45) is 5.92 Å². The van der Waals surface area contributed by atoms with E-state index in [0.717, 1.165) is 23.8 Å². The second-order valence-corrected chi connectivity index (χ2v) is 11.5. The quantitative estimate of drug-likeness (QED) is 0.0836. The van der Waals surface area contributed by atoms with Gasteiger partial charge in [0.1, 0.15) is 11.3 Å². The number of nitrogens with zero attached hydrogens (tertiary/aromatic N) is 3. The summed E-state index contributed by atoms with van der Waals surface area (Å²) in [5.41, 5.74) is 1.94. The third-order valence-corrected chi connectivity index (χ3v) is 8.57. The van der Waals surface area contributed by atoms with E-state index >= 15 is 0 Å². The molecule has 2 N–H and O–H groups in total. The summed E-state index contributed by atoms with van der Waals surface area (Å²) in [4.78, 5) is 20.2. The molecule has 3 heterocycles. The van der Waals surface area contributed by atoms with Gasteiger partial charge in [0.25, 0.3) is 12.3 Å². The van der Waals surface area contributed by atoms with Gasteiger partial charge in [-0.25, -0.2) is 27.5 Å². The molecule has 2 aromatic heterocycles. The number of amides is 1. The Bertz CT molecular complexity index is 1210.